The summed E-state index contributed by atoms with van der Waals surface area (Å²) in [5.74, 6) is -1.05. The van der Waals surface area contributed by atoms with Crippen LogP contribution in [-0.2, 0) is 17.8 Å². The Balaban J connectivity index is 1.53. The number of nitrogens with zero attached hydrogens (tertiary/aromatic N) is 2. The van der Waals surface area contributed by atoms with E-state index in [-0.39, 0.29) is 18.5 Å². The molecule has 1 aromatic carbocycles. The molecule has 2 aromatic rings. The quantitative estimate of drug-likeness (QED) is 0.911. The Kier molecular flexibility index (Phi) is 5.17. The Morgan fingerprint density at radius 2 is 2.04 bits per heavy atom. The molecule has 128 valence electrons. The van der Waals surface area contributed by atoms with Gasteiger partial charge in [-0.15, -0.1) is 0 Å². The van der Waals surface area contributed by atoms with Gasteiger partial charge >= 0.3 is 0 Å². The van der Waals surface area contributed by atoms with Crippen molar-refractivity contribution in [3.05, 3.63) is 47.1 Å². The number of hydrogen-bond donors (Lipinski definition) is 1. The lowest BCUT2D eigenvalue weighted by atomic mass is 9.89. The predicted octanol–water partition coefficient (Wildman–Crippen LogP) is 3.25. The Morgan fingerprint density at radius 3 is 2.83 bits per heavy atom. The molecule has 0 spiro atoms. The lowest BCUT2D eigenvalue weighted by molar-refractivity contribution is -0.120. The number of carbonyl (C=O) groups excluding carboxylic acids is 1. The first-order valence-electron chi connectivity index (χ1n) is 8.15. The molecule has 0 radical (unpaired) electrons. The van der Waals surface area contributed by atoms with Crippen LogP contribution >= 0.6 is 0 Å². The summed E-state index contributed by atoms with van der Waals surface area (Å²) in [6.07, 6.45) is 5.46. The standard InChI is InChI=1S/C17H19F2N3O2/c18-13-8-4-7-12(16(13)19)9-14(23)20-10-15-21-17(22-24-15)11-5-2-1-3-6-11/h4,7-8,11H,1-3,5-6,9-10H2,(H,20,23). The van der Waals surface area contributed by atoms with Gasteiger partial charge in [-0.25, -0.2) is 8.78 Å². The van der Waals surface area contributed by atoms with E-state index >= 15 is 0 Å². The average molecular weight is 335 g/mol. The van der Waals surface area contributed by atoms with Crippen LogP contribution < -0.4 is 5.32 Å². The van der Waals surface area contributed by atoms with Crippen LogP contribution in [0.15, 0.2) is 22.7 Å². The first-order valence-corrected chi connectivity index (χ1v) is 8.15. The van der Waals surface area contributed by atoms with E-state index in [2.05, 4.69) is 15.5 Å². The largest absolute Gasteiger partial charge is 0.347 e. The fourth-order valence-corrected chi connectivity index (χ4v) is 2.96. The molecule has 7 heteroatoms. The SMILES string of the molecule is O=C(Cc1cccc(F)c1F)NCc1nc(C2CCCCC2)no1. The van der Waals surface area contributed by atoms with E-state index < -0.39 is 17.5 Å². The molecule has 0 bridgehead atoms. The Labute approximate surface area is 138 Å². The van der Waals surface area contributed by atoms with Gasteiger partial charge in [-0.05, 0) is 18.9 Å². The van der Waals surface area contributed by atoms with Crippen LogP contribution in [0.4, 0.5) is 8.78 Å². The van der Waals surface area contributed by atoms with Crippen molar-refractivity contribution in [1.82, 2.24) is 15.5 Å². The Morgan fingerprint density at radius 1 is 1.25 bits per heavy atom. The monoisotopic (exact) mass is 335 g/mol. The molecule has 1 aliphatic carbocycles. The van der Waals surface area contributed by atoms with Gasteiger partial charge in [0.05, 0.1) is 13.0 Å². The number of aromatic nitrogens is 2. The molecule has 1 amide bonds. The molecule has 1 fully saturated rings. The molecular weight excluding hydrogens is 316 g/mol. The Hall–Kier alpha value is -2.31. The summed E-state index contributed by atoms with van der Waals surface area (Å²) in [6.45, 7) is 0.0789. The van der Waals surface area contributed by atoms with Crippen LogP contribution in [0.5, 0.6) is 0 Å². The summed E-state index contributed by atoms with van der Waals surface area (Å²) < 4.78 is 31.8. The van der Waals surface area contributed by atoms with Gasteiger partial charge in [-0.3, -0.25) is 4.79 Å². The minimum Gasteiger partial charge on any atom is -0.347 e. The fraction of sp³-hybridized carbons (Fsp3) is 0.471. The topological polar surface area (TPSA) is 68.0 Å². The molecule has 0 atom stereocenters. The lowest BCUT2D eigenvalue weighted by Gasteiger charge is -2.17. The molecule has 1 heterocycles. The molecule has 0 unspecified atom stereocenters. The summed E-state index contributed by atoms with van der Waals surface area (Å²) in [6, 6.07) is 3.77. The zero-order valence-electron chi connectivity index (χ0n) is 13.2. The molecule has 24 heavy (non-hydrogen) atoms. The first kappa shape index (κ1) is 16.5. The van der Waals surface area contributed by atoms with Crippen LogP contribution in [-0.4, -0.2) is 16.0 Å². The molecule has 3 rings (SSSR count). The van der Waals surface area contributed by atoms with Gasteiger partial charge in [0, 0.05) is 11.5 Å². The van der Waals surface area contributed by atoms with Crippen molar-refractivity contribution in [1.29, 1.82) is 0 Å². The number of amides is 1. The molecule has 0 saturated heterocycles. The van der Waals surface area contributed by atoms with Gasteiger partial charge in [0.2, 0.25) is 11.8 Å². The van der Waals surface area contributed by atoms with Gasteiger partial charge in [-0.1, -0.05) is 36.6 Å². The normalized spacial score (nSPS) is 15.4. The van der Waals surface area contributed by atoms with Crippen molar-refractivity contribution in [3.63, 3.8) is 0 Å². The van der Waals surface area contributed by atoms with Crippen molar-refractivity contribution >= 4 is 5.91 Å². The van der Waals surface area contributed by atoms with Crippen molar-refractivity contribution in [2.45, 2.75) is 51.0 Å². The van der Waals surface area contributed by atoms with E-state index in [1.54, 1.807) is 0 Å². The van der Waals surface area contributed by atoms with E-state index in [0.717, 1.165) is 18.9 Å². The number of halogens is 2. The summed E-state index contributed by atoms with van der Waals surface area (Å²) in [7, 11) is 0. The molecule has 5 nitrogen and oxygen atoms in total. The molecule has 1 N–H and O–H groups in total. The minimum atomic E-state index is -0.995. The third kappa shape index (κ3) is 3.96. The number of rotatable bonds is 5. The third-order valence-electron chi connectivity index (χ3n) is 4.27. The minimum absolute atomic E-state index is 0.0147. The van der Waals surface area contributed by atoms with Crippen LogP contribution in [0.3, 0.4) is 0 Å². The molecular formula is C17H19F2N3O2. The second-order valence-electron chi connectivity index (χ2n) is 6.05. The number of benzene rings is 1. The van der Waals surface area contributed by atoms with Gasteiger partial charge in [0.1, 0.15) is 0 Å². The second-order valence-corrected chi connectivity index (χ2v) is 6.05. The average Bonchev–Trinajstić information content (AvgIpc) is 3.07. The summed E-state index contributed by atoms with van der Waals surface area (Å²) in [5, 5.41) is 6.57. The highest BCUT2D eigenvalue weighted by molar-refractivity contribution is 5.78. The summed E-state index contributed by atoms with van der Waals surface area (Å²) in [4.78, 5) is 16.2. The molecule has 1 aliphatic rings. The zero-order valence-corrected chi connectivity index (χ0v) is 13.2. The van der Waals surface area contributed by atoms with Crippen LogP contribution in [0.25, 0.3) is 0 Å². The third-order valence-corrected chi connectivity index (χ3v) is 4.27. The maximum absolute atomic E-state index is 13.5. The van der Waals surface area contributed by atoms with Crippen molar-refractivity contribution in [2.75, 3.05) is 0 Å². The van der Waals surface area contributed by atoms with Crippen LogP contribution in [0.1, 0.15) is 55.3 Å². The van der Waals surface area contributed by atoms with E-state index in [4.69, 9.17) is 4.52 Å². The predicted molar refractivity (Wildman–Crippen MR) is 82.0 cm³/mol. The smallest absolute Gasteiger partial charge is 0.246 e. The zero-order chi connectivity index (χ0) is 16.9. The lowest BCUT2D eigenvalue weighted by Crippen LogP contribution is -2.25. The number of nitrogens with one attached hydrogen (secondary N) is 1. The second kappa shape index (κ2) is 7.51. The van der Waals surface area contributed by atoms with Gasteiger partial charge in [0.15, 0.2) is 17.5 Å². The highest BCUT2D eigenvalue weighted by atomic mass is 19.2. The molecule has 1 saturated carbocycles. The maximum Gasteiger partial charge on any atom is 0.246 e. The summed E-state index contributed by atoms with van der Waals surface area (Å²) >= 11 is 0. The molecule has 0 aliphatic heterocycles. The maximum atomic E-state index is 13.5. The van der Waals surface area contributed by atoms with Gasteiger partial charge in [-0.2, -0.15) is 4.98 Å². The van der Waals surface area contributed by atoms with Crippen molar-refractivity contribution in [3.8, 4) is 0 Å². The number of hydrogen-bond acceptors (Lipinski definition) is 4. The first-order chi connectivity index (χ1) is 11.6. The van der Waals surface area contributed by atoms with E-state index in [0.29, 0.717) is 17.6 Å². The van der Waals surface area contributed by atoms with Crippen LogP contribution in [0, 0.1) is 11.6 Å². The summed E-state index contributed by atoms with van der Waals surface area (Å²) in [5.41, 5.74) is 0.0147. The number of carbonyl (C=O) groups is 1. The van der Waals surface area contributed by atoms with E-state index in [9.17, 15) is 13.6 Å². The van der Waals surface area contributed by atoms with Gasteiger partial charge < -0.3 is 9.84 Å². The molecule has 1 aromatic heterocycles. The fourth-order valence-electron chi connectivity index (χ4n) is 2.96. The Bertz CT molecular complexity index is 712. The van der Waals surface area contributed by atoms with Crippen LogP contribution in [0.2, 0.25) is 0 Å². The van der Waals surface area contributed by atoms with Gasteiger partial charge in [0.25, 0.3) is 0 Å². The van der Waals surface area contributed by atoms with E-state index in [1.807, 2.05) is 0 Å². The van der Waals surface area contributed by atoms with Crippen molar-refractivity contribution in [2.24, 2.45) is 0 Å². The highest BCUT2D eigenvalue weighted by Crippen LogP contribution is 2.30. The van der Waals surface area contributed by atoms with E-state index in [1.165, 1.54) is 31.4 Å². The van der Waals surface area contributed by atoms with Crippen molar-refractivity contribution < 1.29 is 18.1 Å². The highest BCUT2D eigenvalue weighted by Gasteiger charge is 2.21.